The number of ether oxygens (including phenoxy) is 2. The lowest BCUT2D eigenvalue weighted by atomic mass is 10.2. The standard InChI is InChI=1S/C18H26N2O4/c1-2-23-17(21)9-6-10-19-11-13-20(14-12-19)18(22)24-15-16-7-4-3-5-8-16/h3-5,7-8H,2,6,9-15H2,1H3. The SMILES string of the molecule is CCOC(=O)CCCN1CCN(C(=O)OCc2ccccc2)CC1. The topological polar surface area (TPSA) is 59.1 Å². The minimum Gasteiger partial charge on any atom is -0.466 e. The molecule has 132 valence electrons. The smallest absolute Gasteiger partial charge is 0.410 e. The van der Waals surface area contributed by atoms with Gasteiger partial charge in [0.2, 0.25) is 0 Å². The average molecular weight is 334 g/mol. The average Bonchev–Trinajstić information content (AvgIpc) is 2.61. The molecular formula is C18H26N2O4. The van der Waals surface area contributed by atoms with Crippen LogP contribution in [0.2, 0.25) is 0 Å². The van der Waals surface area contributed by atoms with Crippen molar-refractivity contribution in [3.63, 3.8) is 0 Å². The van der Waals surface area contributed by atoms with Crippen molar-refractivity contribution in [3.05, 3.63) is 35.9 Å². The van der Waals surface area contributed by atoms with Gasteiger partial charge >= 0.3 is 12.1 Å². The first kappa shape index (κ1) is 18.3. The summed E-state index contributed by atoms with van der Waals surface area (Å²) >= 11 is 0. The van der Waals surface area contributed by atoms with E-state index in [1.54, 1.807) is 4.90 Å². The quantitative estimate of drug-likeness (QED) is 0.716. The van der Waals surface area contributed by atoms with Gasteiger partial charge in [0.15, 0.2) is 0 Å². The number of hydrogen-bond donors (Lipinski definition) is 0. The monoisotopic (exact) mass is 334 g/mol. The van der Waals surface area contributed by atoms with E-state index in [0.717, 1.165) is 31.6 Å². The van der Waals surface area contributed by atoms with Gasteiger partial charge in [-0.1, -0.05) is 30.3 Å². The van der Waals surface area contributed by atoms with E-state index in [1.165, 1.54) is 0 Å². The highest BCUT2D eigenvalue weighted by Gasteiger charge is 2.22. The maximum Gasteiger partial charge on any atom is 0.410 e. The van der Waals surface area contributed by atoms with E-state index in [0.29, 0.717) is 32.7 Å². The van der Waals surface area contributed by atoms with Crippen molar-refractivity contribution in [2.45, 2.75) is 26.4 Å². The van der Waals surface area contributed by atoms with Gasteiger partial charge in [-0.15, -0.1) is 0 Å². The molecule has 0 saturated carbocycles. The first-order chi connectivity index (χ1) is 11.7. The van der Waals surface area contributed by atoms with E-state index in [4.69, 9.17) is 9.47 Å². The molecule has 1 aromatic rings. The lowest BCUT2D eigenvalue weighted by Gasteiger charge is -2.34. The molecule has 24 heavy (non-hydrogen) atoms. The number of esters is 1. The van der Waals surface area contributed by atoms with Crippen LogP contribution in [0.3, 0.4) is 0 Å². The van der Waals surface area contributed by atoms with Gasteiger partial charge in [-0.25, -0.2) is 4.79 Å². The van der Waals surface area contributed by atoms with E-state index in [2.05, 4.69) is 4.90 Å². The Balaban J connectivity index is 1.61. The minimum atomic E-state index is -0.259. The number of piperazine rings is 1. The van der Waals surface area contributed by atoms with E-state index in [1.807, 2.05) is 37.3 Å². The van der Waals surface area contributed by atoms with Gasteiger partial charge in [-0.05, 0) is 25.5 Å². The van der Waals surface area contributed by atoms with Crippen molar-refractivity contribution >= 4 is 12.1 Å². The third-order valence-electron chi connectivity index (χ3n) is 4.00. The fourth-order valence-electron chi connectivity index (χ4n) is 2.64. The van der Waals surface area contributed by atoms with Crippen molar-refractivity contribution in [2.75, 3.05) is 39.3 Å². The van der Waals surface area contributed by atoms with Crippen molar-refractivity contribution in [1.29, 1.82) is 0 Å². The molecule has 1 amide bonds. The fourth-order valence-corrected chi connectivity index (χ4v) is 2.64. The van der Waals surface area contributed by atoms with Crippen molar-refractivity contribution in [3.8, 4) is 0 Å². The third-order valence-corrected chi connectivity index (χ3v) is 4.00. The lowest BCUT2D eigenvalue weighted by Crippen LogP contribution is -2.49. The molecule has 2 rings (SSSR count). The molecule has 1 fully saturated rings. The van der Waals surface area contributed by atoms with Crippen molar-refractivity contribution in [2.24, 2.45) is 0 Å². The lowest BCUT2D eigenvalue weighted by molar-refractivity contribution is -0.143. The molecule has 1 saturated heterocycles. The summed E-state index contributed by atoms with van der Waals surface area (Å²) in [7, 11) is 0. The number of nitrogens with zero attached hydrogens (tertiary/aromatic N) is 2. The van der Waals surface area contributed by atoms with Crippen LogP contribution >= 0.6 is 0 Å². The van der Waals surface area contributed by atoms with Gasteiger partial charge in [0, 0.05) is 32.6 Å². The second-order valence-corrected chi connectivity index (χ2v) is 5.78. The maximum atomic E-state index is 12.1. The number of rotatable bonds is 7. The van der Waals surface area contributed by atoms with Crippen LogP contribution in [0.15, 0.2) is 30.3 Å². The Morgan fingerprint density at radius 2 is 1.75 bits per heavy atom. The summed E-state index contributed by atoms with van der Waals surface area (Å²) in [6.45, 7) is 6.34. The predicted molar refractivity (Wildman–Crippen MR) is 90.5 cm³/mol. The summed E-state index contributed by atoms with van der Waals surface area (Å²) < 4.78 is 10.3. The number of hydrogen-bond acceptors (Lipinski definition) is 5. The van der Waals surface area contributed by atoms with Gasteiger partial charge < -0.3 is 14.4 Å². The summed E-state index contributed by atoms with van der Waals surface area (Å²) in [5, 5.41) is 0. The molecule has 0 aliphatic carbocycles. The van der Waals surface area contributed by atoms with Gasteiger partial charge in [-0.2, -0.15) is 0 Å². The molecule has 0 spiro atoms. The van der Waals surface area contributed by atoms with Gasteiger partial charge in [0.1, 0.15) is 6.61 Å². The van der Waals surface area contributed by atoms with Crippen LogP contribution in [-0.4, -0.2) is 61.2 Å². The number of carbonyl (C=O) groups is 2. The Bertz CT molecular complexity index is 513. The van der Waals surface area contributed by atoms with E-state index in [-0.39, 0.29) is 12.1 Å². The molecule has 0 N–H and O–H groups in total. The second kappa shape index (κ2) is 9.93. The molecule has 6 heteroatoms. The molecule has 6 nitrogen and oxygen atoms in total. The highest BCUT2D eigenvalue weighted by Crippen LogP contribution is 2.08. The van der Waals surface area contributed by atoms with Crippen LogP contribution in [0.5, 0.6) is 0 Å². The third kappa shape index (κ3) is 6.20. The van der Waals surface area contributed by atoms with Crippen LogP contribution < -0.4 is 0 Å². The number of amides is 1. The molecule has 0 radical (unpaired) electrons. The Labute approximate surface area is 143 Å². The number of carbonyl (C=O) groups excluding carboxylic acids is 2. The normalized spacial score (nSPS) is 15.1. The first-order valence-electron chi connectivity index (χ1n) is 8.52. The summed E-state index contributed by atoms with van der Waals surface area (Å²) in [5.74, 6) is -0.138. The highest BCUT2D eigenvalue weighted by atomic mass is 16.6. The van der Waals surface area contributed by atoms with Crippen LogP contribution in [0, 0.1) is 0 Å². The Hall–Kier alpha value is -2.08. The second-order valence-electron chi connectivity index (χ2n) is 5.78. The number of benzene rings is 1. The molecule has 0 unspecified atom stereocenters. The predicted octanol–water partition coefficient (Wildman–Crippen LogP) is 2.28. The molecule has 0 atom stereocenters. The maximum absolute atomic E-state index is 12.1. The zero-order chi connectivity index (χ0) is 17.2. The van der Waals surface area contributed by atoms with Gasteiger partial charge in [-0.3, -0.25) is 9.69 Å². The van der Waals surface area contributed by atoms with Crippen LogP contribution in [-0.2, 0) is 20.9 Å². The zero-order valence-electron chi connectivity index (χ0n) is 14.3. The molecular weight excluding hydrogens is 308 g/mol. The molecule has 1 aromatic carbocycles. The zero-order valence-corrected chi connectivity index (χ0v) is 14.3. The van der Waals surface area contributed by atoms with Crippen LogP contribution in [0.4, 0.5) is 4.79 Å². The molecule has 0 aromatic heterocycles. The molecule has 1 heterocycles. The van der Waals surface area contributed by atoms with Crippen LogP contribution in [0.25, 0.3) is 0 Å². The fraction of sp³-hybridized carbons (Fsp3) is 0.556. The van der Waals surface area contributed by atoms with Crippen molar-refractivity contribution < 1.29 is 19.1 Å². The van der Waals surface area contributed by atoms with E-state index < -0.39 is 0 Å². The summed E-state index contributed by atoms with van der Waals surface area (Å²) in [5.41, 5.74) is 0.989. The first-order valence-corrected chi connectivity index (χ1v) is 8.52. The molecule has 1 aliphatic rings. The molecule has 0 bridgehead atoms. The largest absolute Gasteiger partial charge is 0.466 e. The van der Waals surface area contributed by atoms with E-state index in [9.17, 15) is 9.59 Å². The summed E-state index contributed by atoms with van der Waals surface area (Å²) in [4.78, 5) is 27.4. The highest BCUT2D eigenvalue weighted by molar-refractivity contribution is 5.69. The van der Waals surface area contributed by atoms with Crippen molar-refractivity contribution in [1.82, 2.24) is 9.80 Å². The van der Waals surface area contributed by atoms with Gasteiger partial charge in [0.25, 0.3) is 0 Å². The Morgan fingerprint density at radius 3 is 2.42 bits per heavy atom. The Morgan fingerprint density at radius 1 is 1.04 bits per heavy atom. The minimum absolute atomic E-state index is 0.138. The van der Waals surface area contributed by atoms with E-state index >= 15 is 0 Å². The summed E-state index contributed by atoms with van der Waals surface area (Å²) in [6.07, 6.45) is 0.981. The Kier molecular flexibility index (Phi) is 7.55. The summed E-state index contributed by atoms with van der Waals surface area (Å²) in [6, 6.07) is 9.67. The van der Waals surface area contributed by atoms with Gasteiger partial charge in [0.05, 0.1) is 6.61 Å². The van der Waals surface area contributed by atoms with Crippen LogP contribution in [0.1, 0.15) is 25.3 Å². The molecule has 1 aliphatic heterocycles.